The van der Waals surface area contributed by atoms with Crippen LogP contribution in [0.1, 0.15) is 30.1 Å². The van der Waals surface area contributed by atoms with Gasteiger partial charge in [-0.15, -0.1) is 0 Å². The number of nitrogens with one attached hydrogen (secondary N) is 1. The summed E-state index contributed by atoms with van der Waals surface area (Å²) in [6.45, 7) is 4.04. The molecule has 0 bridgehead atoms. The van der Waals surface area contributed by atoms with Gasteiger partial charge in [0.05, 0.1) is 0 Å². The molecular weight excluding hydrogens is 329 g/mol. The molecule has 8 heteroatoms. The van der Waals surface area contributed by atoms with Crippen molar-refractivity contribution >= 4 is 11.8 Å². The molecule has 1 aromatic carbocycles. The van der Waals surface area contributed by atoms with Gasteiger partial charge < -0.3 is 19.5 Å². The Hall–Kier alpha value is -2.90. The van der Waals surface area contributed by atoms with Gasteiger partial charge >= 0.3 is 0 Å². The molecule has 2 heterocycles. The summed E-state index contributed by atoms with van der Waals surface area (Å²) in [5.41, 5.74) is -0.895. The van der Waals surface area contributed by atoms with Gasteiger partial charge in [-0.25, -0.2) is 4.39 Å². The van der Waals surface area contributed by atoms with Gasteiger partial charge in [-0.3, -0.25) is 9.59 Å². The molecule has 0 atom stereocenters. The van der Waals surface area contributed by atoms with Crippen LogP contribution in [0, 0.1) is 5.82 Å². The summed E-state index contributed by atoms with van der Waals surface area (Å²) in [6, 6.07) is 7.42. The van der Waals surface area contributed by atoms with E-state index in [4.69, 9.17) is 9.26 Å². The molecule has 25 heavy (non-hydrogen) atoms. The number of piperazine rings is 1. The van der Waals surface area contributed by atoms with Crippen LogP contribution >= 0.6 is 0 Å². The Morgan fingerprint density at radius 1 is 1.44 bits per heavy atom. The average Bonchev–Trinajstić information content (AvgIpc) is 3.05. The molecule has 1 aliphatic rings. The molecule has 1 fully saturated rings. The third kappa shape index (κ3) is 3.33. The Kier molecular flexibility index (Phi) is 4.43. The largest absolute Gasteiger partial charge is 0.482 e. The summed E-state index contributed by atoms with van der Waals surface area (Å²) < 4.78 is 23.9. The van der Waals surface area contributed by atoms with E-state index >= 15 is 0 Å². The Labute approximate surface area is 143 Å². The molecule has 0 aliphatic carbocycles. The van der Waals surface area contributed by atoms with Crippen LogP contribution in [0.3, 0.4) is 0 Å². The minimum atomic E-state index is -0.974. The number of hydrogen-bond donors (Lipinski definition) is 1. The molecule has 3 rings (SSSR count). The summed E-state index contributed by atoms with van der Waals surface area (Å²) in [5.74, 6) is -0.745. The number of carbonyl (C=O) groups is 2. The Bertz CT molecular complexity index is 803. The third-order valence-electron chi connectivity index (χ3n) is 4.08. The van der Waals surface area contributed by atoms with E-state index in [1.807, 2.05) is 0 Å². The van der Waals surface area contributed by atoms with E-state index in [9.17, 15) is 14.0 Å². The van der Waals surface area contributed by atoms with Crippen molar-refractivity contribution in [3.8, 4) is 5.75 Å². The van der Waals surface area contributed by atoms with Crippen LogP contribution < -0.4 is 10.1 Å². The van der Waals surface area contributed by atoms with Gasteiger partial charge in [-0.05, 0) is 26.0 Å². The first-order valence-corrected chi connectivity index (χ1v) is 7.83. The highest BCUT2D eigenvalue weighted by Crippen LogP contribution is 2.21. The lowest BCUT2D eigenvalue weighted by Gasteiger charge is -2.40. The molecular formula is C17H18FN3O4. The topological polar surface area (TPSA) is 84.7 Å². The number of aromatic nitrogens is 1. The number of rotatable bonds is 4. The van der Waals surface area contributed by atoms with Crippen LogP contribution in [0.15, 0.2) is 34.9 Å². The van der Waals surface area contributed by atoms with E-state index in [0.29, 0.717) is 13.1 Å². The third-order valence-corrected chi connectivity index (χ3v) is 4.08. The number of ether oxygens (including phenoxy) is 1. The van der Waals surface area contributed by atoms with E-state index in [0.717, 1.165) is 0 Å². The fourth-order valence-corrected chi connectivity index (χ4v) is 2.59. The van der Waals surface area contributed by atoms with Gasteiger partial charge in [0.2, 0.25) is 5.91 Å². The van der Waals surface area contributed by atoms with E-state index in [2.05, 4.69) is 10.5 Å². The lowest BCUT2D eigenvalue weighted by molar-refractivity contribution is -0.133. The van der Waals surface area contributed by atoms with Crippen molar-refractivity contribution in [2.24, 2.45) is 0 Å². The molecule has 0 spiro atoms. The molecule has 1 saturated heterocycles. The van der Waals surface area contributed by atoms with Crippen molar-refractivity contribution in [1.29, 1.82) is 0 Å². The van der Waals surface area contributed by atoms with Gasteiger partial charge in [0.1, 0.15) is 12.1 Å². The summed E-state index contributed by atoms with van der Waals surface area (Å²) in [4.78, 5) is 26.0. The maximum atomic E-state index is 13.5. The Morgan fingerprint density at radius 3 is 2.96 bits per heavy atom. The smallest absolute Gasteiger partial charge is 0.276 e. The number of nitrogens with zero attached hydrogens (tertiary/aromatic N) is 2. The first kappa shape index (κ1) is 16.9. The molecule has 7 nitrogen and oxygen atoms in total. The highest BCUT2D eigenvalue weighted by atomic mass is 19.1. The molecule has 2 aromatic rings. The number of benzene rings is 1. The normalized spacial score (nSPS) is 16.4. The van der Waals surface area contributed by atoms with Gasteiger partial charge in [-0.1, -0.05) is 17.3 Å². The lowest BCUT2D eigenvalue weighted by atomic mass is 9.98. The molecule has 0 unspecified atom stereocenters. The van der Waals surface area contributed by atoms with Crippen molar-refractivity contribution in [3.63, 3.8) is 0 Å². The molecule has 1 aliphatic heterocycles. The molecule has 1 N–H and O–H groups in total. The first-order valence-electron chi connectivity index (χ1n) is 7.83. The number of para-hydroxylation sites is 1. The first-order chi connectivity index (χ1) is 11.9. The van der Waals surface area contributed by atoms with Gasteiger partial charge in [-0.2, -0.15) is 0 Å². The zero-order valence-corrected chi connectivity index (χ0v) is 13.9. The summed E-state index contributed by atoms with van der Waals surface area (Å²) >= 11 is 0. The van der Waals surface area contributed by atoms with Crippen LogP contribution in [0.5, 0.6) is 5.75 Å². The number of amides is 2. The van der Waals surface area contributed by atoms with Crippen LogP contribution in [-0.4, -0.2) is 40.5 Å². The standard InChI is InChI=1S/C17H18FN3O4/c1-17(2)16(23)19-7-8-21(17)15(22)13-9-11(25-20-13)10-24-14-6-4-3-5-12(14)18/h3-6,9H,7-8,10H2,1-2H3,(H,19,23). The number of hydrogen-bond acceptors (Lipinski definition) is 5. The second kappa shape index (κ2) is 6.54. The van der Waals surface area contributed by atoms with Crippen molar-refractivity contribution < 1.29 is 23.2 Å². The zero-order chi connectivity index (χ0) is 18.0. The SMILES string of the molecule is CC1(C)C(=O)NCCN1C(=O)c1cc(COc2ccccc2F)on1. The van der Waals surface area contributed by atoms with Gasteiger partial charge in [0, 0.05) is 19.2 Å². The molecule has 2 amide bonds. The van der Waals surface area contributed by atoms with Crippen molar-refractivity contribution in [2.45, 2.75) is 26.0 Å². The Balaban J connectivity index is 1.69. The van der Waals surface area contributed by atoms with Crippen LogP contribution in [0.4, 0.5) is 4.39 Å². The molecule has 0 saturated carbocycles. The fourth-order valence-electron chi connectivity index (χ4n) is 2.59. The molecule has 1 aromatic heterocycles. The van der Waals surface area contributed by atoms with Crippen LogP contribution in [-0.2, 0) is 11.4 Å². The molecule has 132 valence electrons. The number of halogens is 1. The van der Waals surface area contributed by atoms with E-state index < -0.39 is 17.3 Å². The van der Waals surface area contributed by atoms with Gasteiger partial charge in [0.15, 0.2) is 23.0 Å². The van der Waals surface area contributed by atoms with Crippen molar-refractivity contribution in [1.82, 2.24) is 15.4 Å². The fraction of sp³-hybridized carbons (Fsp3) is 0.353. The minimum absolute atomic E-state index is 0.0644. The highest BCUT2D eigenvalue weighted by molar-refractivity contribution is 5.98. The zero-order valence-electron chi connectivity index (χ0n) is 13.9. The lowest BCUT2D eigenvalue weighted by Crippen LogP contribution is -2.63. The number of carbonyl (C=O) groups excluding carboxylic acids is 2. The monoisotopic (exact) mass is 347 g/mol. The van der Waals surface area contributed by atoms with E-state index in [1.54, 1.807) is 26.0 Å². The predicted octanol–water partition coefficient (Wildman–Crippen LogP) is 1.74. The Morgan fingerprint density at radius 2 is 2.20 bits per heavy atom. The maximum absolute atomic E-state index is 13.5. The van der Waals surface area contributed by atoms with Crippen molar-refractivity contribution in [2.75, 3.05) is 13.1 Å². The quantitative estimate of drug-likeness (QED) is 0.911. The maximum Gasteiger partial charge on any atom is 0.276 e. The van der Waals surface area contributed by atoms with Crippen molar-refractivity contribution in [3.05, 3.63) is 47.6 Å². The second-order valence-electron chi connectivity index (χ2n) is 6.17. The summed E-state index contributed by atoms with van der Waals surface area (Å²) in [6.07, 6.45) is 0. The summed E-state index contributed by atoms with van der Waals surface area (Å²) in [7, 11) is 0. The van der Waals surface area contributed by atoms with Crippen LogP contribution in [0.25, 0.3) is 0 Å². The van der Waals surface area contributed by atoms with Gasteiger partial charge in [0.25, 0.3) is 5.91 Å². The highest BCUT2D eigenvalue weighted by Gasteiger charge is 2.41. The predicted molar refractivity (Wildman–Crippen MR) is 85.4 cm³/mol. The van der Waals surface area contributed by atoms with Crippen LogP contribution in [0.2, 0.25) is 0 Å². The second-order valence-corrected chi connectivity index (χ2v) is 6.17. The van der Waals surface area contributed by atoms with E-state index in [-0.39, 0.29) is 29.7 Å². The van der Waals surface area contributed by atoms with E-state index in [1.165, 1.54) is 23.1 Å². The average molecular weight is 347 g/mol. The minimum Gasteiger partial charge on any atom is -0.482 e. The molecule has 0 radical (unpaired) electrons. The summed E-state index contributed by atoms with van der Waals surface area (Å²) in [5, 5.41) is 6.47.